The van der Waals surface area contributed by atoms with Crippen LogP contribution in [0.1, 0.15) is 18.9 Å². The van der Waals surface area contributed by atoms with Crippen molar-refractivity contribution in [2.24, 2.45) is 0 Å². The topological polar surface area (TPSA) is 21.3 Å². The summed E-state index contributed by atoms with van der Waals surface area (Å²) in [4.78, 5) is 0. The molecule has 0 bridgehead atoms. The van der Waals surface area contributed by atoms with Crippen LogP contribution in [0.25, 0.3) is 0 Å². The van der Waals surface area contributed by atoms with Gasteiger partial charge in [0.05, 0.1) is 5.69 Å². The number of aryl methyl sites for hydroxylation is 1. The molecule has 0 spiro atoms. The van der Waals surface area contributed by atoms with Gasteiger partial charge in [-0.05, 0) is 37.0 Å². The molecule has 1 aromatic rings. The Morgan fingerprint density at radius 1 is 1.53 bits per heavy atom. The maximum absolute atomic E-state index is 5.70. The monoisotopic (exact) mass is 203 g/mol. The standard InChI is InChI=1S/C13H17NO/c1-10(2)9-15-12-7-3-5-11-6-4-8-14-13(11)12/h3,5,7,14H,1,4,6,8-9H2,2H3. The minimum atomic E-state index is 0.595. The first-order valence-corrected chi connectivity index (χ1v) is 5.40. The molecule has 1 N–H and O–H groups in total. The Morgan fingerprint density at radius 3 is 3.20 bits per heavy atom. The molecule has 0 atom stereocenters. The van der Waals surface area contributed by atoms with Gasteiger partial charge in [0.1, 0.15) is 12.4 Å². The number of fused-ring (bicyclic) bond motifs is 1. The van der Waals surface area contributed by atoms with Crippen molar-refractivity contribution in [2.45, 2.75) is 19.8 Å². The first-order chi connectivity index (χ1) is 7.27. The quantitative estimate of drug-likeness (QED) is 0.762. The van der Waals surface area contributed by atoms with Gasteiger partial charge in [0.2, 0.25) is 0 Å². The van der Waals surface area contributed by atoms with Crippen LogP contribution in [0, 0.1) is 0 Å². The highest BCUT2D eigenvalue weighted by atomic mass is 16.5. The summed E-state index contributed by atoms with van der Waals surface area (Å²) in [5, 5.41) is 3.40. The third kappa shape index (κ3) is 2.32. The second-order valence-corrected chi connectivity index (χ2v) is 4.07. The Kier molecular flexibility index (Phi) is 2.95. The summed E-state index contributed by atoms with van der Waals surface area (Å²) in [6.45, 7) is 7.45. The van der Waals surface area contributed by atoms with Crippen molar-refractivity contribution in [2.75, 3.05) is 18.5 Å². The van der Waals surface area contributed by atoms with Crippen LogP contribution in [0.4, 0.5) is 5.69 Å². The molecule has 1 heterocycles. The third-order valence-electron chi connectivity index (χ3n) is 2.51. The van der Waals surface area contributed by atoms with Gasteiger partial charge < -0.3 is 10.1 Å². The van der Waals surface area contributed by atoms with Crippen LogP contribution in [-0.4, -0.2) is 13.2 Å². The van der Waals surface area contributed by atoms with Crippen LogP contribution < -0.4 is 10.1 Å². The van der Waals surface area contributed by atoms with Gasteiger partial charge in [0.15, 0.2) is 0 Å². The van der Waals surface area contributed by atoms with E-state index in [-0.39, 0.29) is 0 Å². The van der Waals surface area contributed by atoms with E-state index in [0.717, 1.165) is 24.3 Å². The van der Waals surface area contributed by atoms with Crippen LogP contribution in [0.3, 0.4) is 0 Å². The largest absolute Gasteiger partial charge is 0.487 e. The second kappa shape index (κ2) is 4.39. The van der Waals surface area contributed by atoms with E-state index in [4.69, 9.17) is 4.74 Å². The number of hydrogen-bond donors (Lipinski definition) is 1. The van der Waals surface area contributed by atoms with Gasteiger partial charge in [-0.15, -0.1) is 0 Å². The Hall–Kier alpha value is -1.44. The Balaban J connectivity index is 2.19. The molecule has 0 saturated carbocycles. The van der Waals surface area contributed by atoms with Gasteiger partial charge in [-0.1, -0.05) is 18.7 Å². The molecule has 0 aromatic heterocycles. The van der Waals surface area contributed by atoms with E-state index in [1.165, 1.54) is 17.7 Å². The fourth-order valence-corrected chi connectivity index (χ4v) is 1.80. The van der Waals surface area contributed by atoms with Gasteiger partial charge in [0, 0.05) is 6.54 Å². The smallest absolute Gasteiger partial charge is 0.143 e. The van der Waals surface area contributed by atoms with Crippen LogP contribution in [0.15, 0.2) is 30.4 Å². The van der Waals surface area contributed by atoms with Crippen molar-refractivity contribution < 1.29 is 4.74 Å². The van der Waals surface area contributed by atoms with Crippen molar-refractivity contribution in [1.82, 2.24) is 0 Å². The Morgan fingerprint density at radius 2 is 2.40 bits per heavy atom. The first-order valence-electron chi connectivity index (χ1n) is 5.40. The molecule has 0 fully saturated rings. The number of nitrogens with one attached hydrogen (secondary N) is 1. The minimum absolute atomic E-state index is 0.595. The summed E-state index contributed by atoms with van der Waals surface area (Å²) < 4.78 is 5.70. The van der Waals surface area contributed by atoms with Crippen molar-refractivity contribution >= 4 is 5.69 Å². The summed E-state index contributed by atoms with van der Waals surface area (Å²) in [5.74, 6) is 0.954. The minimum Gasteiger partial charge on any atom is -0.487 e. The highest BCUT2D eigenvalue weighted by molar-refractivity contribution is 5.63. The summed E-state index contributed by atoms with van der Waals surface area (Å²) in [6, 6.07) is 6.23. The molecule has 15 heavy (non-hydrogen) atoms. The fraction of sp³-hybridized carbons (Fsp3) is 0.385. The molecule has 80 valence electrons. The van der Waals surface area contributed by atoms with Crippen molar-refractivity contribution in [3.63, 3.8) is 0 Å². The average Bonchev–Trinajstić information content (AvgIpc) is 2.26. The van der Waals surface area contributed by atoms with Gasteiger partial charge >= 0.3 is 0 Å². The molecule has 2 heteroatoms. The molecule has 1 aromatic carbocycles. The fourth-order valence-electron chi connectivity index (χ4n) is 1.80. The normalized spacial score (nSPS) is 13.9. The zero-order valence-corrected chi connectivity index (χ0v) is 9.18. The van der Waals surface area contributed by atoms with Crippen molar-refractivity contribution in [3.8, 4) is 5.75 Å². The average molecular weight is 203 g/mol. The summed E-state index contributed by atoms with van der Waals surface area (Å²) in [7, 11) is 0. The van der Waals surface area contributed by atoms with E-state index in [0.29, 0.717) is 6.61 Å². The molecule has 0 unspecified atom stereocenters. The number of anilines is 1. The van der Waals surface area contributed by atoms with E-state index >= 15 is 0 Å². The van der Waals surface area contributed by atoms with E-state index in [2.05, 4.69) is 24.0 Å². The molecule has 1 aliphatic heterocycles. The molecule has 0 saturated heterocycles. The lowest BCUT2D eigenvalue weighted by molar-refractivity contribution is 0.353. The van der Waals surface area contributed by atoms with E-state index in [9.17, 15) is 0 Å². The molecule has 1 aliphatic rings. The Labute approximate surface area is 91.0 Å². The molecular formula is C13H17NO. The molecular weight excluding hydrogens is 186 g/mol. The van der Waals surface area contributed by atoms with Gasteiger partial charge in [0.25, 0.3) is 0 Å². The number of para-hydroxylation sites is 1. The molecule has 2 nitrogen and oxygen atoms in total. The van der Waals surface area contributed by atoms with Crippen molar-refractivity contribution in [3.05, 3.63) is 35.9 Å². The zero-order chi connectivity index (χ0) is 10.7. The number of ether oxygens (including phenoxy) is 1. The lowest BCUT2D eigenvalue weighted by atomic mass is 10.0. The lowest BCUT2D eigenvalue weighted by Crippen LogP contribution is -2.13. The molecule has 0 aliphatic carbocycles. The third-order valence-corrected chi connectivity index (χ3v) is 2.51. The second-order valence-electron chi connectivity index (χ2n) is 4.07. The lowest BCUT2D eigenvalue weighted by Gasteiger charge is -2.21. The maximum atomic E-state index is 5.70. The van der Waals surface area contributed by atoms with Gasteiger partial charge in [-0.25, -0.2) is 0 Å². The number of rotatable bonds is 3. The molecule has 0 amide bonds. The zero-order valence-electron chi connectivity index (χ0n) is 9.18. The predicted molar refractivity (Wildman–Crippen MR) is 63.6 cm³/mol. The van der Waals surface area contributed by atoms with E-state index in [1.807, 2.05) is 13.0 Å². The highest BCUT2D eigenvalue weighted by Crippen LogP contribution is 2.32. The highest BCUT2D eigenvalue weighted by Gasteiger charge is 2.12. The van der Waals surface area contributed by atoms with E-state index < -0.39 is 0 Å². The van der Waals surface area contributed by atoms with Crippen LogP contribution in [-0.2, 0) is 6.42 Å². The predicted octanol–water partition coefficient (Wildman–Crippen LogP) is 3.00. The van der Waals surface area contributed by atoms with Crippen LogP contribution in [0.5, 0.6) is 5.75 Å². The van der Waals surface area contributed by atoms with Crippen LogP contribution in [0.2, 0.25) is 0 Å². The first kappa shape index (κ1) is 10.1. The van der Waals surface area contributed by atoms with E-state index in [1.54, 1.807) is 0 Å². The summed E-state index contributed by atoms with van der Waals surface area (Å²) in [5.41, 5.74) is 3.58. The Bertz CT molecular complexity index is 371. The van der Waals surface area contributed by atoms with Gasteiger partial charge in [-0.3, -0.25) is 0 Å². The number of benzene rings is 1. The molecule has 0 radical (unpaired) electrons. The number of hydrogen-bond acceptors (Lipinski definition) is 2. The SMILES string of the molecule is C=C(C)COc1cccc2c1NCCC2. The summed E-state index contributed by atoms with van der Waals surface area (Å²) in [6.07, 6.45) is 2.35. The maximum Gasteiger partial charge on any atom is 0.143 e. The summed E-state index contributed by atoms with van der Waals surface area (Å²) >= 11 is 0. The van der Waals surface area contributed by atoms with Crippen molar-refractivity contribution in [1.29, 1.82) is 0 Å². The molecule has 2 rings (SSSR count). The van der Waals surface area contributed by atoms with Gasteiger partial charge in [-0.2, -0.15) is 0 Å². The van der Waals surface area contributed by atoms with Crippen LogP contribution >= 0.6 is 0 Å².